The first-order valence-electron chi connectivity index (χ1n) is 6.20. The summed E-state index contributed by atoms with van der Waals surface area (Å²) >= 11 is 3.42. The number of aromatic nitrogens is 2. The number of halogens is 1. The van der Waals surface area contributed by atoms with Crippen molar-refractivity contribution in [3.05, 3.63) is 29.0 Å². The summed E-state index contributed by atoms with van der Waals surface area (Å²) in [5, 5.41) is 6.95. The van der Waals surface area contributed by atoms with E-state index < -0.39 is 0 Å². The van der Waals surface area contributed by atoms with Gasteiger partial charge in [-0.1, -0.05) is 0 Å². The highest BCUT2D eigenvalue weighted by molar-refractivity contribution is 9.10. The van der Waals surface area contributed by atoms with Crippen molar-refractivity contribution in [3.8, 4) is 0 Å². The van der Waals surface area contributed by atoms with Gasteiger partial charge in [0.05, 0.1) is 11.2 Å². The van der Waals surface area contributed by atoms with Gasteiger partial charge in [-0.25, -0.2) is 0 Å². The SMILES string of the molecule is Brc1cnc2c(NCC3CCCN3)ccnc2c1. The lowest BCUT2D eigenvalue weighted by molar-refractivity contribution is 0.634. The number of nitrogens with zero attached hydrogens (tertiary/aromatic N) is 2. The zero-order chi connectivity index (χ0) is 12.4. The Morgan fingerprint density at radius 3 is 3.22 bits per heavy atom. The molecule has 3 rings (SSSR count). The predicted octanol–water partition coefficient (Wildman–Crippen LogP) is 2.56. The molecule has 1 unspecified atom stereocenters. The number of nitrogens with one attached hydrogen (secondary N) is 2. The second kappa shape index (κ2) is 5.20. The largest absolute Gasteiger partial charge is 0.382 e. The van der Waals surface area contributed by atoms with Crippen LogP contribution in [0, 0.1) is 0 Å². The van der Waals surface area contributed by atoms with Crippen LogP contribution in [0.5, 0.6) is 0 Å². The molecule has 2 aromatic rings. The van der Waals surface area contributed by atoms with E-state index in [4.69, 9.17) is 0 Å². The smallest absolute Gasteiger partial charge is 0.112 e. The molecule has 2 aromatic heterocycles. The number of hydrogen-bond acceptors (Lipinski definition) is 4. The van der Waals surface area contributed by atoms with Crippen LogP contribution < -0.4 is 10.6 Å². The van der Waals surface area contributed by atoms with Crippen molar-refractivity contribution in [3.63, 3.8) is 0 Å². The molecule has 0 amide bonds. The van der Waals surface area contributed by atoms with E-state index in [-0.39, 0.29) is 0 Å². The minimum Gasteiger partial charge on any atom is -0.382 e. The van der Waals surface area contributed by atoms with Crippen LogP contribution in [-0.4, -0.2) is 29.1 Å². The molecule has 0 bridgehead atoms. The molecule has 1 saturated heterocycles. The van der Waals surface area contributed by atoms with Crippen molar-refractivity contribution < 1.29 is 0 Å². The highest BCUT2D eigenvalue weighted by Gasteiger charge is 2.14. The van der Waals surface area contributed by atoms with Crippen LogP contribution in [0.4, 0.5) is 5.69 Å². The average molecular weight is 307 g/mol. The van der Waals surface area contributed by atoms with Gasteiger partial charge in [0.15, 0.2) is 0 Å². The second-order valence-corrected chi connectivity index (χ2v) is 5.47. The fraction of sp³-hybridized carbons (Fsp3) is 0.385. The van der Waals surface area contributed by atoms with Crippen molar-refractivity contribution in [2.45, 2.75) is 18.9 Å². The summed E-state index contributed by atoms with van der Waals surface area (Å²) in [7, 11) is 0. The molecular weight excluding hydrogens is 292 g/mol. The van der Waals surface area contributed by atoms with Gasteiger partial charge in [0.1, 0.15) is 5.52 Å². The number of pyridine rings is 2. The maximum absolute atomic E-state index is 4.43. The van der Waals surface area contributed by atoms with E-state index in [1.54, 1.807) is 0 Å². The molecular formula is C13H15BrN4. The Morgan fingerprint density at radius 2 is 2.39 bits per heavy atom. The highest BCUT2D eigenvalue weighted by atomic mass is 79.9. The molecule has 4 nitrogen and oxygen atoms in total. The molecule has 2 N–H and O–H groups in total. The maximum Gasteiger partial charge on any atom is 0.112 e. The Kier molecular flexibility index (Phi) is 3.43. The monoisotopic (exact) mass is 306 g/mol. The van der Waals surface area contributed by atoms with E-state index in [2.05, 4.69) is 36.5 Å². The van der Waals surface area contributed by atoms with E-state index >= 15 is 0 Å². The van der Waals surface area contributed by atoms with E-state index in [1.807, 2.05) is 24.5 Å². The van der Waals surface area contributed by atoms with Crippen LogP contribution in [0.15, 0.2) is 29.0 Å². The Hall–Kier alpha value is -1.20. The van der Waals surface area contributed by atoms with Crippen LogP contribution in [0.3, 0.4) is 0 Å². The normalized spacial score (nSPS) is 19.3. The van der Waals surface area contributed by atoms with Crippen molar-refractivity contribution in [2.24, 2.45) is 0 Å². The van der Waals surface area contributed by atoms with E-state index in [0.717, 1.165) is 34.3 Å². The molecule has 5 heteroatoms. The average Bonchev–Trinajstić information content (AvgIpc) is 2.89. The fourth-order valence-electron chi connectivity index (χ4n) is 2.31. The lowest BCUT2D eigenvalue weighted by Gasteiger charge is -2.13. The summed E-state index contributed by atoms with van der Waals surface area (Å²) in [6.07, 6.45) is 6.15. The zero-order valence-electron chi connectivity index (χ0n) is 9.99. The minimum absolute atomic E-state index is 0.573. The van der Waals surface area contributed by atoms with Gasteiger partial charge >= 0.3 is 0 Å². The van der Waals surface area contributed by atoms with Crippen molar-refractivity contribution in [2.75, 3.05) is 18.4 Å². The first kappa shape index (κ1) is 11.9. The number of fused-ring (bicyclic) bond motifs is 1. The van der Waals surface area contributed by atoms with Gasteiger partial charge in [-0.3, -0.25) is 9.97 Å². The standard InChI is InChI=1S/C13H15BrN4/c14-9-6-12-13(18-7-9)11(3-5-16-12)17-8-10-2-1-4-15-10/h3,5-7,10,15H,1-2,4,8H2,(H,16,17). The van der Waals surface area contributed by atoms with Crippen LogP contribution in [0.25, 0.3) is 11.0 Å². The molecule has 18 heavy (non-hydrogen) atoms. The van der Waals surface area contributed by atoms with E-state index in [0.29, 0.717) is 6.04 Å². The van der Waals surface area contributed by atoms with E-state index in [9.17, 15) is 0 Å². The second-order valence-electron chi connectivity index (χ2n) is 4.55. The Bertz CT molecular complexity index is 552. The van der Waals surface area contributed by atoms with Crippen LogP contribution >= 0.6 is 15.9 Å². The molecule has 1 aliphatic rings. The first-order valence-corrected chi connectivity index (χ1v) is 7.00. The Balaban J connectivity index is 1.82. The summed E-state index contributed by atoms with van der Waals surface area (Å²) < 4.78 is 0.956. The minimum atomic E-state index is 0.573. The van der Waals surface area contributed by atoms with Crippen LogP contribution in [0.1, 0.15) is 12.8 Å². The van der Waals surface area contributed by atoms with Gasteiger partial charge in [-0.2, -0.15) is 0 Å². The molecule has 0 aliphatic carbocycles. The van der Waals surface area contributed by atoms with E-state index in [1.165, 1.54) is 12.8 Å². The highest BCUT2D eigenvalue weighted by Crippen LogP contribution is 2.22. The third-order valence-corrected chi connectivity index (χ3v) is 3.68. The van der Waals surface area contributed by atoms with Crippen LogP contribution in [-0.2, 0) is 0 Å². The summed E-state index contributed by atoms with van der Waals surface area (Å²) in [5.41, 5.74) is 2.90. The molecule has 1 fully saturated rings. The third kappa shape index (κ3) is 2.47. The molecule has 0 saturated carbocycles. The topological polar surface area (TPSA) is 49.8 Å². The predicted molar refractivity (Wildman–Crippen MR) is 76.8 cm³/mol. The molecule has 0 spiro atoms. The first-order chi connectivity index (χ1) is 8.83. The van der Waals surface area contributed by atoms with Gasteiger partial charge in [-0.15, -0.1) is 0 Å². The lowest BCUT2D eigenvalue weighted by Crippen LogP contribution is -2.29. The third-order valence-electron chi connectivity index (χ3n) is 3.25. The summed E-state index contributed by atoms with van der Waals surface area (Å²) in [4.78, 5) is 8.77. The van der Waals surface area contributed by atoms with Gasteiger partial charge in [-0.05, 0) is 47.4 Å². The quantitative estimate of drug-likeness (QED) is 0.915. The van der Waals surface area contributed by atoms with Gasteiger partial charge < -0.3 is 10.6 Å². The molecule has 1 atom stereocenters. The maximum atomic E-state index is 4.43. The van der Waals surface area contributed by atoms with Crippen molar-refractivity contribution in [1.29, 1.82) is 0 Å². The fourth-order valence-corrected chi connectivity index (χ4v) is 2.63. The zero-order valence-corrected chi connectivity index (χ0v) is 11.6. The number of rotatable bonds is 3. The summed E-state index contributed by atoms with van der Waals surface area (Å²) in [6.45, 7) is 2.07. The Morgan fingerprint density at radius 1 is 1.44 bits per heavy atom. The van der Waals surface area contributed by atoms with Crippen molar-refractivity contribution >= 4 is 32.7 Å². The van der Waals surface area contributed by atoms with Gasteiger partial charge in [0, 0.05) is 29.5 Å². The van der Waals surface area contributed by atoms with Crippen molar-refractivity contribution in [1.82, 2.24) is 15.3 Å². The molecule has 0 radical (unpaired) electrons. The molecule has 1 aliphatic heterocycles. The van der Waals surface area contributed by atoms with Gasteiger partial charge in [0.25, 0.3) is 0 Å². The van der Waals surface area contributed by atoms with Crippen LogP contribution in [0.2, 0.25) is 0 Å². The summed E-state index contributed by atoms with van der Waals surface area (Å²) in [5.74, 6) is 0. The number of anilines is 1. The molecule has 0 aromatic carbocycles. The summed E-state index contributed by atoms with van der Waals surface area (Å²) in [6, 6.07) is 4.54. The van der Waals surface area contributed by atoms with Gasteiger partial charge in [0.2, 0.25) is 0 Å². The molecule has 3 heterocycles. The number of hydrogen-bond donors (Lipinski definition) is 2. The Labute approximate surface area is 114 Å². The lowest BCUT2D eigenvalue weighted by atomic mass is 10.2. The molecule has 94 valence electrons.